The van der Waals surface area contributed by atoms with Gasteiger partial charge < -0.3 is 10.4 Å². The fraction of sp³-hybridized carbons (Fsp3) is 0.0714. The molecule has 3 rings (SSSR count). The maximum Gasteiger partial charge on any atom is 0.266 e. The minimum Gasteiger partial charge on any atom is -0.371 e. The van der Waals surface area contributed by atoms with Crippen LogP contribution in [0.5, 0.6) is 0 Å². The molecule has 1 unspecified atom stereocenters. The summed E-state index contributed by atoms with van der Waals surface area (Å²) < 4.78 is 41.1. The van der Waals surface area contributed by atoms with Crippen LogP contribution < -0.4 is 5.32 Å². The van der Waals surface area contributed by atoms with E-state index in [1.807, 2.05) is 0 Å². The first kappa shape index (κ1) is 12.7. The van der Waals surface area contributed by atoms with Crippen molar-refractivity contribution in [2.45, 2.75) is 5.60 Å². The SMILES string of the molecule is O=C1Nc2cccc(F)c2C1(O)c1cccc(F)c1F. The Kier molecular flexibility index (Phi) is 2.58. The van der Waals surface area contributed by atoms with Gasteiger partial charge in [-0.3, -0.25) is 4.79 Å². The summed E-state index contributed by atoms with van der Waals surface area (Å²) in [4.78, 5) is 12.0. The van der Waals surface area contributed by atoms with Crippen molar-refractivity contribution in [2.24, 2.45) is 0 Å². The highest BCUT2D eigenvalue weighted by Gasteiger charge is 2.50. The first-order valence-electron chi connectivity index (χ1n) is 5.73. The van der Waals surface area contributed by atoms with E-state index in [1.54, 1.807) is 0 Å². The zero-order valence-electron chi connectivity index (χ0n) is 9.95. The van der Waals surface area contributed by atoms with Gasteiger partial charge in [-0.2, -0.15) is 0 Å². The molecule has 0 saturated heterocycles. The number of aliphatic hydroxyl groups is 1. The monoisotopic (exact) mass is 279 g/mol. The molecule has 1 aliphatic heterocycles. The Labute approximate surface area is 111 Å². The molecule has 2 aromatic rings. The third kappa shape index (κ3) is 1.48. The highest BCUT2D eigenvalue weighted by molar-refractivity contribution is 6.07. The molecule has 1 heterocycles. The van der Waals surface area contributed by atoms with Crippen LogP contribution in [0.1, 0.15) is 11.1 Å². The number of benzene rings is 2. The topological polar surface area (TPSA) is 49.3 Å². The molecule has 6 heteroatoms. The molecular weight excluding hydrogens is 271 g/mol. The molecule has 0 spiro atoms. The third-order valence-electron chi connectivity index (χ3n) is 3.29. The molecule has 0 radical (unpaired) electrons. The number of anilines is 1. The predicted molar refractivity (Wildman–Crippen MR) is 64.4 cm³/mol. The van der Waals surface area contributed by atoms with Crippen molar-refractivity contribution in [1.82, 2.24) is 0 Å². The van der Waals surface area contributed by atoms with E-state index in [2.05, 4.69) is 5.32 Å². The molecule has 2 N–H and O–H groups in total. The van der Waals surface area contributed by atoms with Crippen LogP contribution in [0.2, 0.25) is 0 Å². The zero-order chi connectivity index (χ0) is 14.5. The van der Waals surface area contributed by atoms with Gasteiger partial charge in [-0.05, 0) is 18.2 Å². The molecule has 102 valence electrons. The lowest BCUT2D eigenvalue weighted by molar-refractivity contribution is -0.130. The molecule has 0 aliphatic carbocycles. The number of carbonyl (C=O) groups is 1. The molecule has 2 aromatic carbocycles. The van der Waals surface area contributed by atoms with Gasteiger partial charge in [0, 0.05) is 5.56 Å². The van der Waals surface area contributed by atoms with Crippen LogP contribution >= 0.6 is 0 Å². The quantitative estimate of drug-likeness (QED) is 0.841. The first-order chi connectivity index (χ1) is 9.46. The fourth-order valence-electron chi connectivity index (χ4n) is 2.36. The molecule has 20 heavy (non-hydrogen) atoms. The Morgan fingerprint density at radius 3 is 2.40 bits per heavy atom. The average Bonchev–Trinajstić information content (AvgIpc) is 2.67. The second-order valence-electron chi connectivity index (χ2n) is 4.43. The van der Waals surface area contributed by atoms with Crippen LogP contribution in [0.25, 0.3) is 0 Å². The van der Waals surface area contributed by atoms with E-state index in [-0.39, 0.29) is 5.69 Å². The van der Waals surface area contributed by atoms with Gasteiger partial charge in [-0.15, -0.1) is 0 Å². The van der Waals surface area contributed by atoms with Crippen molar-refractivity contribution < 1.29 is 23.1 Å². The Bertz CT molecular complexity index is 732. The van der Waals surface area contributed by atoms with E-state index in [4.69, 9.17) is 0 Å². The summed E-state index contributed by atoms with van der Waals surface area (Å²) in [5.41, 5.74) is -3.60. The average molecular weight is 279 g/mol. The van der Waals surface area contributed by atoms with Gasteiger partial charge >= 0.3 is 0 Å². The normalized spacial score (nSPS) is 20.7. The Morgan fingerprint density at radius 1 is 1.00 bits per heavy atom. The minimum absolute atomic E-state index is 0.0289. The Hall–Kier alpha value is -2.34. The van der Waals surface area contributed by atoms with Crippen molar-refractivity contribution in [3.8, 4) is 0 Å². The summed E-state index contributed by atoms with van der Waals surface area (Å²) >= 11 is 0. The smallest absolute Gasteiger partial charge is 0.266 e. The van der Waals surface area contributed by atoms with Gasteiger partial charge in [0.1, 0.15) is 5.82 Å². The summed E-state index contributed by atoms with van der Waals surface area (Å²) in [5.74, 6) is -4.52. The minimum atomic E-state index is -2.59. The molecule has 1 amide bonds. The largest absolute Gasteiger partial charge is 0.371 e. The third-order valence-corrected chi connectivity index (χ3v) is 3.29. The van der Waals surface area contributed by atoms with E-state index in [9.17, 15) is 23.1 Å². The van der Waals surface area contributed by atoms with Gasteiger partial charge in [0.25, 0.3) is 5.91 Å². The van der Waals surface area contributed by atoms with E-state index in [0.29, 0.717) is 0 Å². The predicted octanol–water partition coefficient (Wildman–Crippen LogP) is 2.29. The van der Waals surface area contributed by atoms with Gasteiger partial charge in [-0.1, -0.05) is 18.2 Å². The second kappa shape index (κ2) is 4.08. The number of hydrogen-bond donors (Lipinski definition) is 2. The summed E-state index contributed by atoms with van der Waals surface area (Å²) in [6, 6.07) is 6.75. The van der Waals surface area contributed by atoms with Crippen LogP contribution in [-0.4, -0.2) is 11.0 Å². The summed E-state index contributed by atoms with van der Waals surface area (Å²) in [6.07, 6.45) is 0. The van der Waals surface area contributed by atoms with Crippen LogP contribution in [0.15, 0.2) is 36.4 Å². The number of hydrogen-bond acceptors (Lipinski definition) is 2. The highest BCUT2D eigenvalue weighted by Crippen LogP contribution is 2.43. The van der Waals surface area contributed by atoms with Crippen molar-refractivity contribution in [3.05, 3.63) is 65.0 Å². The maximum absolute atomic E-state index is 13.9. The van der Waals surface area contributed by atoms with E-state index in [0.717, 1.165) is 24.3 Å². The number of rotatable bonds is 1. The van der Waals surface area contributed by atoms with Crippen LogP contribution in [0, 0.1) is 17.5 Å². The van der Waals surface area contributed by atoms with Gasteiger partial charge in [0.05, 0.1) is 11.3 Å². The summed E-state index contributed by atoms with van der Waals surface area (Å²) in [7, 11) is 0. The van der Waals surface area contributed by atoms with Gasteiger partial charge in [0.2, 0.25) is 5.60 Å². The molecule has 3 nitrogen and oxygen atoms in total. The second-order valence-corrected chi connectivity index (χ2v) is 4.43. The summed E-state index contributed by atoms with van der Waals surface area (Å²) in [6.45, 7) is 0. The molecule has 0 aromatic heterocycles. The maximum atomic E-state index is 13.9. The van der Waals surface area contributed by atoms with E-state index >= 15 is 0 Å². The van der Waals surface area contributed by atoms with E-state index in [1.165, 1.54) is 12.1 Å². The van der Waals surface area contributed by atoms with Crippen molar-refractivity contribution in [3.63, 3.8) is 0 Å². The van der Waals surface area contributed by atoms with E-state index < -0.39 is 40.1 Å². The Morgan fingerprint density at radius 2 is 1.65 bits per heavy atom. The van der Waals surface area contributed by atoms with Crippen molar-refractivity contribution >= 4 is 11.6 Å². The first-order valence-corrected chi connectivity index (χ1v) is 5.73. The van der Waals surface area contributed by atoms with Crippen molar-refractivity contribution in [1.29, 1.82) is 0 Å². The van der Waals surface area contributed by atoms with Crippen LogP contribution in [0.3, 0.4) is 0 Å². The highest BCUT2D eigenvalue weighted by atomic mass is 19.2. The number of carbonyl (C=O) groups excluding carboxylic acids is 1. The molecule has 1 atom stereocenters. The van der Waals surface area contributed by atoms with Gasteiger partial charge in [0.15, 0.2) is 11.6 Å². The number of fused-ring (bicyclic) bond motifs is 1. The number of amides is 1. The molecule has 0 bridgehead atoms. The lowest BCUT2D eigenvalue weighted by Crippen LogP contribution is -2.37. The van der Waals surface area contributed by atoms with Crippen LogP contribution in [-0.2, 0) is 10.4 Å². The lowest BCUT2D eigenvalue weighted by atomic mass is 9.86. The number of halogens is 3. The van der Waals surface area contributed by atoms with Gasteiger partial charge in [-0.25, -0.2) is 13.2 Å². The molecule has 0 saturated carbocycles. The lowest BCUT2D eigenvalue weighted by Gasteiger charge is -2.22. The number of nitrogens with one attached hydrogen (secondary N) is 1. The summed E-state index contributed by atoms with van der Waals surface area (Å²) in [5, 5.41) is 12.8. The standard InChI is InChI=1S/C14H8F3NO2/c15-8-4-2-6-10-11(8)14(20,13(19)18-10)7-3-1-5-9(16)12(7)17/h1-6,20H,(H,18,19). The van der Waals surface area contributed by atoms with Crippen molar-refractivity contribution in [2.75, 3.05) is 5.32 Å². The molecule has 1 aliphatic rings. The van der Waals surface area contributed by atoms with Crippen LogP contribution in [0.4, 0.5) is 18.9 Å². The zero-order valence-corrected chi connectivity index (χ0v) is 9.95. The molecule has 0 fully saturated rings. The fourth-order valence-corrected chi connectivity index (χ4v) is 2.36. The Balaban J connectivity index is 2.33. The molecular formula is C14H8F3NO2.